The van der Waals surface area contributed by atoms with Crippen LogP contribution in [0.25, 0.3) is 33.0 Å². The molecule has 4 nitrogen and oxygen atoms in total. The van der Waals surface area contributed by atoms with Crippen LogP contribution in [-0.2, 0) is 7.05 Å². The molecule has 0 aliphatic carbocycles. The lowest BCUT2D eigenvalue weighted by Gasteiger charge is -2.10. The van der Waals surface area contributed by atoms with Gasteiger partial charge in [-0.2, -0.15) is 0 Å². The number of benzene rings is 3. The monoisotopic (exact) mass is 394 g/mol. The number of nitrogens with one attached hydrogen (secondary N) is 1. The largest absolute Gasteiger partial charge is 0.439 e. The maximum Gasteiger partial charge on any atom is 0.262 e. The normalized spacial score (nSPS) is 11.3. The lowest BCUT2D eigenvalue weighted by atomic mass is 10.0. The predicted molar refractivity (Wildman–Crippen MR) is 124 cm³/mol. The summed E-state index contributed by atoms with van der Waals surface area (Å²) in [6.07, 6.45) is 0. The van der Waals surface area contributed by atoms with E-state index in [1.165, 1.54) is 5.56 Å². The summed E-state index contributed by atoms with van der Waals surface area (Å²) in [6, 6.07) is 24.0. The summed E-state index contributed by atoms with van der Waals surface area (Å²) >= 11 is 0. The van der Waals surface area contributed by atoms with Crippen molar-refractivity contribution >= 4 is 33.4 Å². The van der Waals surface area contributed by atoms with E-state index >= 15 is 0 Å². The molecule has 0 spiro atoms. The Hall–Kier alpha value is -3.79. The van der Waals surface area contributed by atoms with E-state index in [9.17, 15) is 4.79 Å². The van der Waals surface area contributed by atoms with Crippen molar-refractivity contribution in [1.29, 1.82) is 0 Å². The van der Waals surface area contributed by atoms with E-state index in [1.807, 2.05) is 67.7 Å². The van der Waals surface area contributed by atoms with Crippen LogP contribution in [0.2, 0.25) is 0 Å². The Kier molecular flexibility index (Phi) is 4.21. The van der Waals surface area contributed by atoms with Gasteiger partial charge in [0.05, 0.1) is 16.5 Å². The molecule has 0 saturated heterocycles. The van der Waals surface area contributed by atoms with Gasteiger partial charge in [0.2, 0.25) is 5.88 Å². The van der Waals surface area contributed by atoms with Crippen LogP contribution in [0.15, 0.2) is 82.0 Å². The summed E-state index contributed by atoms with van der Waals surface area (Å²) in [4.78, 5) is 13.4. The number of hydrogen-bond donors (Lipinski definition) is 1. The Bertz CT molecular complexity index is 1460. The molecule has 1 N–H and O–H groups in total. The predicted octanol–water partition coefficient (Wildman–Crippen LogP) is 6.31. The Morgan fingerprint density at radius 2 is 1.63 bits per heavy atom. The third-order valence-electron chi connectivity index (χ3n) is 5.63. The van der Waals surface area contributed by atoms with Crippen LogP contribution >= 0.6 is 0 Å². The van der Waals surface area contributed by atoms with Gasteiger partial charge in [-0.25, -0.2) is 0 Å². The summed E-state index contributed by atoms with van der Waals surface area (Å²) < 4.78 is 8.06. The Morgan fingerprint density at radius 3 is 2.40 bits per heavy atom. The Labute approximate surface area is 174 Å². The number of pyridine rings is 1. The number of anilines is 2. The van der Waals surface area contributed by atoms with Crippen molar-refractivity contribution in [3.8, 4) is 11.1 Å². The van der Waals surface area contributed by atoms with Gasteiger partial charge in [-0.3, -0.25) is 4.79 Å². The van der Waals surface area contributed by atoms with Gasteiger partial charge in [0.25, 0.3) is 5.56 Å². The molecule has 0 unspecified atom stereocenters. The molecule has 4 heteroatoms. The van der Waals surface area contributed by atoms with E-state index in [4.69, 9.17) is 4.42 Å². The summed E-state index contributed by atoms with van der Waals surface area (Å²) in [5.74, 6) is 0.580. The Morgan fingerprint density at radius 1 is 0.900 bits per heavy atom. The summed E-state index contributed by atoms with van der Waals surface area (Å²) in [5.41, 5.74) is 6.39. The second kappa shape index (κ2) is 6.92. The number of para-hydroxylation sites is 1. The fourth-order valence-corrected chi connectivity index (χ4v) is 4.10. The highest BCUT2D eigenvalue weighted by Gasteiger charge is 2.22. The molecule has 5 rings (SSSR count). The topological polar surface area (TPSA) is 47.2 Å². The van der Waals surface area contributed by atoms with E-state index in [0.717, 1.165) is 33.3 Å². The van der Waals surface area contributed by atoms with Gasteiger partial charge in [0.15, 0.2) is 5.58 Å². The van der Waals surface area contributed by atoms with Gasteiger partial charge < -0.3 is 14.3 Å². The number of nitrogens with zero attached hydrogens (tertiary/aromatic N) is 1. The molecule has 2 heterocycles. The van der Waals surface area contributed by atoms with Crippen molar-refractivity contribution in [2.24, 2.45) is 7.05 Å². The van der Waals surface area contributed by atoms with Crippen molar-refractivity contribution in [1.82, 2.24) is 4.57 Å². The number of fused-ring (bicyclic) bond motifs is 3. The van der Waals surface area contributed by atoms with Gasteiger partial charge in [-0.1, -0.05) is 60.2 Å². The molecule has 0 aliphatic heterocycles. The van der Waals surface area contributed by atoms with Crippen molar-refractivity contribution in [3.63, 3.8) is 0 Å². The molecule has 148 valence electrons. The average molecular weight is 394 g/mol. The van der Waals surface area contributed by atoms with Crippen LogP contribution in [0.4, 0.5) is 11.6 Å². The Balaban J connectivity index is 1.87. The summed E-state index contributed by atoms with van der Waals surface area (Å²) in [6.45, 7) is 4.14. The molecule has 2 aromatic heterocycles. The van der Waals surface area contributed by atoms with Crippen molar-refractivity contribution in [2.75, 3.05) is 5.32 Å². The zero-order chi connectivity index (χ0) is 20.8. The minimum Gasteiger partial charge on any atom is -0.439 e. The quantitative estimate of drug-likeness (QED) is 0.390. The van der Waals surface area contributed by atoms with Crippen LogP contribution in [0.1, 0.15) is 11.1 Å². The third kappa shape index (κ3) is 2.80. The van der Waals surface area contributed by atoms with Gasteiger partial charge in [-0.15, -0.1) is 0 Å². The van der Waals surface area contributed by atoms with Crippen LogP contribution in [0, 0.1) is 13.8 Å². The van der Waals surface area contributed by atoms with Crippen LogP contribution < -0.4 is 10.9 Å². The van der Waals surface area contributed by atoms with Gasteiger partial charge >= 0.3 is 0 Å². The number of furan rings is 1. The zero-order valence-corrected chi connectivity index (χ0v) is 17.2. The van der Waals surface area contributed by atoms with Crippen molar-refractivity contribution < 1.29 is 4.42 Å². The second-order valence-electron chi connectivity index (χ2n) is 7.70. The lowest BCUT2D eigenvalue weighted by Crippen LogP contribution is -2.17. The first kappa shape index (κ1) is 18.3. The number of aromatic nitrogens is 1. The molecule has 0 bridgehead atoms. The summed E-state index contributed by atoms with van der Waals surface area (Å²) in [7, 11) is 1.81. The van der Waals surface area contributed by atoms with E-state index < -0.39 is 0 Å². The standard InChI is InChI=1S/C26H22N2O2/c1-16-13-14-20(17(2)15-16)27-25-22(18-9-5-4-6-10-18)23-24(30-25)19-11-7-8-12-21(19)28(3)26(23)29/h4-15,27H,1-3H3. The molecule has 0 aliphatic rings. The first-order valence-corrected chi connectivity index (χ1v) is 9.98. The third-order valence-corrected chi connectivity index (χ3v) is 5.63. The molecule has 0 radical (unpaired) electrons. The average Bonchev–Trinajstić information content (AvgIpc) is 3.14. The zero-order valence-electron chi connectivity index (χ0n) is 17.2. The molecule has 0 fully saturated rings. The smallest absolute Gasteiger partial charge is 0.262 e. The van der Waals surface area contributed by atoms with E-state index in [1.54, 1.807) is 4.57 Å². The second-order valence-corrected chi connectivity index (χ2v) is 7.70. The molecule has 3 aromatic carbocycles. The minimum atomic E-state index is -0.0695. The number of rotatable bonds is 3. The molecule has 0 atom stereocenters. The summed E-state index contributed by atoms with van der Waals surface area (Å²) in [5, 5.41) is 4.96. The maximum atomic E-state index is 13.4. The highest BCUT2D eigenvalue weighted by atomic mass is 16.4. The van der Waals surface area contributed by atoms with Gasteiger partial charge in [-0.05, 0) is 43.2 Å². The van der Waals surface area contributed by atoms with Crippen LogP contribution in [-0.4, -0.2) is 4.57 Å². The lowest BCUT2D eigenvalue weighted by molar-refractivity contribution is 0.637. The molecule has 0 amide bonds. The highest BCUT2D eigenvalue weighted by molar-refractivity contribution is 6.11. The van der Waals surface area contributed by atoms with E-state index in [0.29, 0.717) is 16.9 Å². The fraction of sp³-hybridized carbons (Fsp3) is 0.115. The van der Waals surface area contributed by atoms with Gasteiger partial charge in [0, 0.05) is 18.1 Å². The highest BCUT2D eigenvalue weighted by Crippen LogP contribution is 2.41. The molecule has 5 aromatic rings. The maximum absolute atomic E-state index is 13.4. The molecular formula is C26H22N2O2. The van der Waals surface area contributed by atoms with Crippen LogP contribution in [0.3, 0.4) is 0 Å². The SMILES string of the molecule is Cc1ccc(Nc2oc3c(c2-c2ccccc2)c(=O)n(C)c2ccccc32)c(C)c1. The number of aryl methyl sites for hydroxylation is 3. The first-order chi connectivity index (χ1) is 14.5. The number of hydrogen-bond acceptors (Lipinski definition) is 3. The van der Waals surface area contributed by atoms with Crippen molar-refractivity contribution in [3.05, 3.63) is 94.3 Å². The molecule has 30 heavy (non-hydrogen) atoms. The minimum absolute atomic E-state index is 0.0695. The van der Waals surface area contributed by atoms with Gasteiger partial charge in [0.1, 0.15) is 0 Å². The van der Waals surface area contributed by atoms with Crippen LogP contribution in [0.5, 0.6) is 0 Å². The first-order valence-electron chi connectivity index (χ1n) is 9.98. The molecule has 0 saturated carbocycles. The molecular weight excluding hydrogens is 372 g/mol. The van der Waals surface area contributed by atoms with E-state index in [-0.39, 0.29) is 5.56 Å². The fourth-order valence-electron chi connectivity index (χ4n) is 4.10. The van der Waals surface area contributed by atoms with E-state index in [2.05, 4.69) is 31.3 Å². The van der Waals surface area contributed by atoms with Crippen molar-refractivity contribution in [2.45, 2.75) is 13.8 Å².